The minimum absolute atomic E-state index is 0.0617. The SMILES string of the molecule is Cc1cc([C@@H]2CCCN(C(=O)C3(C#N)CCCCC3)C2)n[nH]1. The molecule has 1 aliphatic heterocycles. The van der Waals surface area contributed by atoms with Gasteiger partial charge in [0.25, 0.3) is 0 Å². The smallest absolute Gasteiger partial charge is 0.243 e. The molecule has 5 nitrogen and oxygen atoms in total. The summed E-state index contributed by atoms with van der Waals surface area (Å²) in [6.45, 7) is 3.48. The van der Waals surface area contributed by atoms with E-state index in [1.807, 2.05) is 11.8 Å². The second-order valence-corrected chi connectivity index (χ2v) is 6.82. The largest absolute Gasteiger partial charge is 0.341 e. The van der Waals surface area contributed by atoms with Gasteiger partial charge in [0.15, 0.2) is 0 Å². The molecule has 0 bridgehead atoms. The number of nitriles is 1. The third kappa shape index (κ3) is 2.75. The van der Waals surface area contributed by atoms with Crippen LogP contribution in [-0.4, -0.2) is 34.1 Å². The lowest BCUT2D eigenvalue weighted by molar-refractivity contribution is -0.141. The molecule has 0 aromatic carbocycles. The standard InChI is InChI=1S/C17H24N4O/c1-13-10-15(20-19-13)14-6-5-9-21(11-14)16(22)17(12-18)7-3-2-4-8-17/h10,14H,2-9,11H2,1H3,(H,19,20)/t14-/m1/s1. The number of aromatic amines is 1. The molecule has 2 fully saturated rings. The van der Waals surface area contributed by atoms with Gasteiger partial charge in [0.1, 0.15) is 5.41 Å². The summed E-state index contributed by atoms with van der Waals surface area (Å²) in [5.74, 6) is 0.355. The number of H-pyrrole nitrogens is 1. The Morgan fingerprint density at radius 1 is 1.41 bits per heavy atom. The van der Waals surface area contributed by atoms with Crippen molar-refractivity contribution >= 4 is 5.91 Å². The van der Waals surface area contributed by atoms with Crippen molar-refractivity contribution in [2.24, 2.45) is 5.41 Å². The molecule has 2 aliphatic rings. The molecule has 118 valence electrons. The molecule has 1 atom stereocenters. The Morgan fingerprint density at radius 2 is 2.18 bits per heavy atom. The number of carbonyl (C=O) groups is 1. The van der Waals surface area contributed by atoms with Crippen LogP contribution in [0.2, 0.25) is 0 Å². The van der Waals surface area contributed by atoms with E-state index in [0.29, 0.717) is 12.5 Å². The van der Waals surface area contributed by atoms with Gasteiger partial charge >= 0.3 is 0 Å². The van der Waals surface area contributed by atoms with Gasteiger partial charge in [-0.2, -0.15) is 10.4 Å². The molecule has 1 saturated carbocycles. The van der Waals surface area contributed by atoms with Crippen molar-refractivity contribution in [3.63, 3.8) is 0 Å². The van der Waals surface area contributed by atoms with Crippen molar-refractivity contribution in [2.45, 2.75) is 57.8 Å². The summed E-state index contributed by atoms with van der Waals surface area (Å²) in [6, 6.07) is 4.43. The molecule has 1 aliphatic carbocycles. The Kier molecular flexibility index (Phi) is 4.19. The van der Waals surface area contributed by atoms with Crippen molar-refractivity contribution < 1.29 is 4.79 Å². The number of piperidine rings is 1. The van der Waals surface area contributed by atoms with Gasteiger partial charge in [-0.15, -0.1) is 0 Å². The van der Waals surface area contributed by atoms with Gasteiger partial charge in [-0.3, -0.25) is 9.89 Å². The third-order valence-electron chi connectivity index (χ3n) is 5.18. The first-order valence-electron chi connectivity index (χ1n) is 8.37. The van der Waals surface area contributed by atoms with Crippen LogP contribution in [0, 0.1) is 23.7 Å². The van der Waals surface area contributed by atoms with Crippen molar-refractivity contribution in [1.82, 2.24) is 15.1 Å². The minimum Gasteiger partial charge on any atom is -0.341 e. The van der Waals surface area contributed by atoms with Crippen LogP contribution >= 0.6 is 0 Å². The monoisotopic (exact) mass is 300 g/mol. The molecular weight excluding hydrogens is 276 g/mol. The number of nitrogens with one attached hydrogen (secondary N) is 1. The predicted molar refractivity (Wildman–Crippen MR) is 83.0 cm³/mol. The van der Waals surface area contributed by atoms with E-state index in [4.69, 9.17) is 0 Å². The summed E-state index contributed by atoms with van der Waals surface area (Å²) in [6.07, 6.45) is 6.64. The topological polar surface area (TPSA) is 72.8 Å². The van der Waals surface area contributed by atoms with E-state index in [-0.39, 0.29) is 5.91 Å². The normalized spacial score (nSPS) is 24.7. The maximum absolute atomic E-state index is 13.0. The van der Waals surface area contributed by atoms with Crippen LogP contribution in [0.4, 0.5) is 0 Å². The molecule has 1 aromatic heterocycles. The first-order chi connectivity index (χ1) is 10.6. The fourth-order valence-corrected chi connectivity index (χ4v) is 3.88. The molecule has 22 heavy (non-hydrogen) atoms. The number of likely N-dealkylation sites (tertiary alicyclic amines) is 1. The van der Waals surface area contributed by atoms with Crippen LogP contribution in [0.3, 0.4) is 0 Å². The zero-order valence-corrected chi connectivity index (χ0v) is 13.3. The van der Waals surface area contributed by atoms with Crippen LogP contribution in [0.25, 0.3) is 0 Å². The van der Waals surface area contributed by atoms with Crippen LogP contribution < -0.4 is 0 Å². The van der Waals surface area contributed by atoms with Gasteiger partial charge in [0.05, 0.1) is 11.8 Å². The number of hydrogen-bond donors (Lipinski definition) is 1. The van der Waals surface area contributed by atoms with Gasteiger partial charge in [-0.05, 0) is 38.7 Å². The number of rotatable bonds is 2. The van der Waals surface area contributed by atoms with Gasteiger partial charge in [0.2, 0.25) is 5.91 Å². The maximum Gasteiger partial charge on any atom is 0.243 e. The number of aromatic nitrogens is 2. The minimum atomic E-state index is -0.762. The molecule has 0 spiro atoms. The predicted octanol–water partition coefficient (Wildman–Crippen LogP) is 2.90. The number of nitrogens with zero attached hydrogens (tertiary/aromatic N) is 3. The molecule has 1 aromatic rings. The van der Waals surface area contributed by atoms with E-state index < -0.39 is 5.41 Å². The van der Waals surface area contributed by atoms with Gasteiger partial charge < -0.3 is 4.90 Å². The summed E-state index contributed by atoms with van der Waals surface area (Å²) in [5.41, 5.74) is 1.34. The second kappa shape index (κ2) is 6.12. The van der Waals surface area contributed by atoms with Crippen molar-refractivity contribution in [3.8, 4) is 6.07 Å². The molecule has 1 saturated heterocycles. The molecular formula is C17H24N4O. The van der Waals surface area contributed by atoms with Crippen LogP contribution in [0.5, 0.6) is 0 Å². The zero-order valence-electron chi connectivity index (χ0n) is 13.3. The lowest BCUT2D eigenvalue weighted by Gasteiger charge is -2.38. The van der Waals surface area contributed by atoms with Crippen molar-refractivity contribution in [3.05, 3.63) is 17.5 Å². The van der Waals surface area contributed by atoms with Gasteiger partial charge in [-0.1, -0.05) is 19.3 Å². The van der Waals surface area contributed by atoms with E-state index in [1.54, 1.807) is 0 Å². The highest BCUT2D eigenvalue weighted by molar-refractivity contribution is 5.85. The number of aryl methyl sites for hydroxylation is 1. The van der Waals surface area contributed by atoms with Crippen LogP contribution in [0.1, 0.15) is 62.3 Å². The Labute approximate surface area is 131 Å². The summed E-state index contributed by atoms with van der Waals surface area (Å²) < 4.78 is 0. The first-order valence-corrected chi connectivity index (χ1v) is 8.37. The average Bonchev–Trinajstić information content (AvgIpc) is 3.01. The fourth-order valence-electron chi connectivity index (χ4n) is 3.88. The Balaban J connectivity index is 1.74. The molecule has 0 unspecified atom stereocenters. The highest BCUT2D eigenvalue weighted by Gasteiger charge is 2.43. The highest BCUT2D eigenvalue weighted by Crippen LogP contribution is 2.39. The summed E-state index contributed by atoms with van der Waals surface area (Å²) >= 11 is 0. The van der Waals surface area contributed by atoms with E-state index in [9.17, 15) is 10.1 Å². The fraction of sp³-hybridized carbons (Fsp3) is 0.706. The number of hydrogen-bond acceptors (Lipinski definition) is 3. The molecule has 0 radical (unpaired) electrons. The quantitative estimate of drug-likeness (QED) is 0.912. The molecule has 1 amide bonds. The Morgan fingerprint density at radius 3 is 2.82 bits per heavy atom. The Hall–Kier alpha value is -1.83. The third-order valence-corrected chi connectivity index (χ3v) is 5.18. The summed E-state index contributed by atoms with van der Waals surface area (Å²) in [4.78, 5) is 14.9. The lowest BCUT2D eigenvalue weighted by atomic mass is 9.73. The van der Waals surface area contributed by atoms with E-state index in [2.05, 4.69) is 22.3 Å². The molecule has 2 heterocycles. The molecule has 5 heteroatoms. The second-order valence-electron chi connectivity index (χ2n) is 6.82. The van der Waals surface area contributed by atoms with Crippen molar-refractivity contribution in [2.75, 3.05) is 13.1 Å². The summed E-state index contributed by atoms with van der Waals surface area (Å²) in [7, 11) is 0. The van der Waals surface area contributed by atoms with Crippen molar-refractivity contribution in [1.29, 1.82) is 5.26 Å². The average molecular weight is 300 g/mol. The first kappa shape index (κ1) is 15.1. The van der Waals surface area contributed by atoms with E-state index >= 15 is 0 Å². The highest BCUT2D eigenvalue weighted by atomic mass is 16.2. The number of amides is 1. The van der Waals surface area contributed by atoms with Crippen LogP contribution in [0.15, 0.2) is 6.07 Å². The molecule has 1 N–H and O–H groups in total. The van der Waals surface area contributed by atoms with E-state index in [0.717, 1.165) is 62.9 Å². The number of carbonyl (C=O) groups excluding carboxylic acids is 1. The zero-order chi connectivity index (χ0) is 15.6. The van der Waals surface area contributed by atoms with Gasteiger partial charge in [-0.25, -0.2) is 0 Å². The Bertz CT molecular complexity index is 580. The van der Waals surface area contributed by atoms with E-state index in [1.165, 1.54) is 0 Å². The van der Waals surface area contributed by atoms with Crippen LogP contribution in [-0.2, 0) is 4.79 Å². The maximum atomic E-state index is 13.0. The summed E-state index contributed by atoms with van der Waals surface area (Å²) in [5, 5.41) is 17.0. The molecule has 3 rings (SSSR count). The van der Waals surface area contributed by atoms with Gasteiger partial charge in [0, 0.05) is 24.7 Å². The lowest BCUT2D eigenvalue weighted by Crippen LogP contribution is -2.48.